The first-order valence-electron chi connectivity index (χ1n) is 6.36. The first-order valence-corrected chi connectivity index (χ1v) is 6.36. The molecule has 2 aromatic rings. The largest absolute Gasteiger partial charge is 0.332 e. The van der Waals surface area contributed by atoms with E-state index >= 15 is 0 Å². The van der Waals surface area contributed by atoms with Crippen molar-refractivity contribution >= 4 is 30.7 Å². The zero-order valence-electron chi connectivity index (χ0n) is 11.4. The molecule has 1 amide bonds. The van der Waals surface area contributed by atoms with Gasteiger partial charge in [0.25, 0.3) is 5.91 Å². The molecule has 0 radical (unpaired) electrons. The van der Waals surface area contributed by atoms with Gasteiger partial charge in [0.1, 0.15) is 5.82 Å². The van der Waals surface area contributed by atoms with E-state index in [2.05, 4.69) is 9.55 Å². The van der Waals surface area contributed by atoms with Crippen LogP contribution in [0.25, 0.3) is 0 Å². The fourth-order valence-electron chi connectivity index (χ4n) is 2.31. The molecule has 0 saturated heterocycles. The highest BCUT2D eigenvalue weighted by Gasteiger charge is 2.21. The molecule has 1 aliphatic heterocycles. The van der Waals surface area contributed by atoms with Crippen molar-refractivity contribution in [1.82, 2.24) is 14.5 Å². The molecule has 1 aliphatic rings. The Labute approximate surface area is 136 Å². The lowest BCUT2D eigenvalue weighted by molar-refractivity contribution is 0.0707. The van der Waals surface area contributed by atoms with Crippen LogP contribution in [0.1, 0.15) is 21.7 Å². The molecule has 0 bridgehead atoms. The molecule has 0 fully saturated rings. The fourth-order valence-corrected chi connectivity index (χ4v) is 2.31. The van der Waals surface area contributed by atoms with E-state index in [1.54, 1.807) is 6.20 Å². The van der Waals surface area contributed by atoms with Crippen molar-refractivity contribution in [3.05, 3.63) is 53.6 Å². The van der Waals surface area contributed by atoms with Crippen LogP contribution in [0.2, 0.25) is 0 Å². The van der Waals surface area contributed by atoms with Crippen LogP contribution in [0, 0.1) is 0 Å². The van der Waals surface area contributed by atoms with Crippen LogP contribution >= 0.6 is 24.8 Å². The third kappa shape index (κ3) is 3.56. The average molecular weight is 329 g/mol. The molecule has 2 heterocycles. The van der Waals surface area contributed by atoms with Crippen LogP contribution in [0.3, 0.4) is 0 Å². The highest BCUT2D eigenvalue weighted by Crippen LogP contribution is 2.14. The van der Waals surface area contributed by atoms with Gasteiger partial charge in [-0.2, -0.15) is 0 Å². The number of imidazole rings is 1. The minimum atomic E-state index is 0. The second-order valence-electron chi connectivity index (χ2n) is 4.66. The zero-order valence-corrected chi connectivity index (χ0v) is 13.1. The molecule has 2 N–H and O–H groups in total. The van der Waals surface area contributed by atoms with E-state index in [0.29, 0.717) is 18.7 Å². The maximum Gasteiger partial charge on any atom is 0.254 e. The smallest absolute Gasteiger partial charge is 0.254 e. The van der Waals surface area contributed by atoms with Crippen molar-refractivity contribution in [3.8, 4) is 0 Å². The summed E-state index contributed by atoms with van der Waals surface area (Å²) in [4.78, 5) is 18.5. The topological polar surface area (TPSA) is 64.2 Å². The maximum absolute atomic E-state index is 12.4. The Kier molecular flexibility index (Phi) is 6.20. The number of hydrogen-bond donors (Lipinski definition) is 1. The van der Waals surface area contributed by atoms with Crippen LogP contribution < -0.4 is 5.73 Å². The number of amides is 1. The lowest BCUT2D eigenvalue weighted by atomic mass is 10.1. The Morgan fingerprint density at radius 3 is 2.57 bits per heavy atom. The molecule has 5 nitrogen and oxygen atoms in total. The summed E-state index contributed by atoms with van der Waals surface area (Å²) in [5.74, 6) is 0.996. The summed E-state index contributed by atoms with van der Waals surface area (Å²) in [6.45, 7) is 2.60. The molecule has 0 spiro atoms. The van der Waals surface area contributed by atoms with Crippen molar-refractivity contribution in [3.63, 3.8) is 0 Å². The van der Waals surface area contributed by atoms with Crippen molar-refractivity contribution in [2.45, 2.75) is 19.6 Å². The molecule has 0 saturated carbocycles. The number of fused-ring (bicyclic) bond motifs is 1. The number of nitrogens with zero attached hydrogens (tertiary/aromatic N) is 3. The Morgan fingerprint density at radius 1 is 1.19 bits per heavy atom. The first kappa shape index (κ1) is 17.5. The van der Waals surface area contributed by atoms with E-state index in [9.17, 15) is 4.79 Å². The van der Waals surface area contributed by atoms with Crippen molar-refractivity contribution in [2.75, 3.05) is 6.54 Å². The van der Waals surface area contributed by atoms with Crippen LogP contribution in [-0.2, 0) is 19.6 Å². The Balaban J connectivity index is 0.00000110. The fraction of sp³-hybridized carbons (Fsp3) is 0.286. The third-order valence-corrected chi connectivity index (χ3v) is 3.47. The lowest BCUT2D eigenvalue weighted by Gasteiger charge is -2.27. The van der Waals surface area contributed by atoms with E-state index in [4.69, 9.17) is 5.73 Å². The number of aromatic nitrogens is 2. The van der Waals surface area contributed by atoms with Crippen molar-refractivity contribution < 1.29 is 4.79 Å². The summed E-state index contributed by atoms with van der Waals surface area (Å²) in [5.41, 5.74) is 7.29. The van der Waals surface area contributed by atoms with Gasteiger partial charge in [-0.25, -0.2) is 4.98 Å². The number of nitrogens with two attached hydrogens (primary N) is 1. The molecule has 1 aromatic heterocycles. The van der Waals surface area contributed by atoms with Crippen molar-refractivity contribution in [1.29, 1.82) is 0 Å². The summed E-state index contributed by atoms with van der Waals surface area (Å²) in [7, 11) is 0. The van der Waals surface area contributed by atoms with E-state index in [0.717, 1.165) is 24.5 Å². The van der Waals surface area contributed by atoms with Crippen LogP contribution in [0.5, 0.6) is 0 Å². The van der Waals surface area contributed by atoms with Crippen molar-refractivity contribution in [2.24, 2.45) is 5.73 Å². The second-order valence-corrected chi connectivity index (χ2v) is 4.66. The molecule has 3 rings (SSSR count). The molecule has 7 heteroatoms. The summed E-state index contributed by atoms with van der Waals surface area (Å²) in [6, 6.07) is 7.48. The molecular formula is C14H18Cl2N4O. The monoisotopic (exact) mass is 328 g/mol. The maximum atomic E-state index is 12.4. The normalized spacial score (nSPS) is 12.9. The quantitative estimate of drug-likeness (QED) is 0.914. The van der Waals surface area contributed by atoms with Gasteiger partial charge in [-0.05, 0) is 17.7 Å². The molecule has 0 atom stereocenters. The van der Waals surface area contributed by atoms with Crippen LogP contribution in [-0.4, -0.2) is 26.9 Å². The summed E-state index contributed by atoms with van der Waals surface area (Å²) in [6.07, 6.45) is 3.73. The van der Waals surface area contributed by atoms with E-state index in [1.165, 1.54) is 0 Å². The molecule has 21 heavy (non-hydrogen) atoms. The average Bonchev–Trinajstić information content (AvgIpc) is 2.94. The number of carbonyl (C=O) groups is 1. The molecule has 114 valence electrons. The Bertz CT molecular complexity index is 597. The van der Waals surface area contributed by atoms with E-state index in [-0.39, 0.29) is 30.7 Å². The second kappa shape index (κ2) is 7.45. The minimum Gasteiger partial charge on any atom is -0.332 e. The summed E-state index contributed by atoms with van der Waals surface area (Å²) < 4.78 is 2.08. The van der Waals surface area contributed by atoms with Gasteiger partial charge in [0.2, 0.25) is 0 Å². The Morgan fingerprint density at radius 2 is 1.90 bits per heavy atom. The Hall–Kier alpha value is -1.56. The van der Waals surface area contributed by atoms with Crippen LogP contribution in [0.4, 0.5) is 0 Å². The number of carbonyl (C=O) groups excluding carboxylic acids is 1. The van der Waals surface area contributed by atoms with Crippen LogP contribution in [0.15, 0.2) is 36.7 Å². The molecule has 0 aliphatic carbocycles. The molecular weight excluding hydrogens is 311 g/mol. The van der Waals surface area contributed by atoms with Gasteiger partial charge < -0.3 is 15.2 Å². The van der Waals surface area contributed by atoms with Gasteiger partial charge in [0.15, 0.2) is 0 Å². The molecule has 0 unspecified atom stereocenters. The number of halogens is 2. The lowest BCUT2D eigenvalue weighted by Crippen LogP contribution is -2.38. The highest BCUT2D eigenvalue weighted by atomic mass is 35.5. The van der Waals surface area contributed by atoms with Gasteiger partial charge in [-0.1, -0.05) is 12.1 Å². The third-order valence-electron chi connectivity index (χ3n) is 3.47. The van der Waals surface area contributed by atoms with Gasteiger partial charge in [-0.15, -0.1) is 24.8 Å². The zero-order chi connectivity index (χ0) is 13.2. The summed E-state index contributed by atoms with van der Waals surface area (Å²) in [5, 5.41) is 0. The van der Waals surface area contributed by atoms with Gasteiger partial charge in [0.05, 0.1) is 6.54 Å². The predicted molar refractivity (Wildman–Crippen MR) is 85.8 cm³/mol. The van der Waals surface area contributed by atoms with Gasteiger partial charge >= 0.3 is 0 Å². The summed E-state index contributed by atoms with van der Waals surface area (Å²) >= 11 is 0. The van der Waals surface area contributed by atoms with E-state index < -0.39 is 0 Å². The standard InChI is InChI=1S/C14H16N4O.2ClH/c15-9-11-1-3-12(4-2-11)14(19)18-8-7-17-6-5-16-13(17)10-18;;/h1-6H,7-10,15H2;2*1H. The highest BCUT2D eigenvalue weighted by molar-refractivity contribution is 5.94. The van der Waals surface area contributed by atoms with Gasteiger partial charge in [-0.3, -0.25) is 4.79 Å². The SMILES string of the molecule is Cl.Cl.NCc1ccc(C(=O)N2CCn3ccnc3C2)cc1. The number of rotatable bonds is 2. The predicted octanol–water partition coefficient (Wildman–Crippen LogP) is 1.84. The molecule has 1 aromatic carbocycles. The van der Waals surface area contributed by atoms with E-state index in [1.807, 2.05) is 35.4 Å². The number of benzene rings is 1. The minimum absolute atomic E-state index is 0. The number of hydrogen-bond acceptors (Lipinski definition) is 3. The van der Waals surface area contributed by atoms with Gasteiger partial charge in [0, 0.05) is 37.6 Å². The first-order chi connectivity index (χ1) is 9.28.